The van der Waals surface area contributed by atoms with E-state index in [1.165, 1.54) is 0 Å². The smallest absolute Gasteiger partial charge is 0.235 e. The Labute approximate surface area is 150 Å². The molecule has 134 valence electrons. The first-order valence-corrected chi connectivity index (χ1v) is 8.51. The molecule has 1 aromatic carbocycles. The minimum absolute atomic E-state index is 0.214. The Bertz CT molecular complexity index is 834. The predicted octanol–water partition coefficient (Wildman–Crippen LogP) is 1.52. The summed E-state index contributed by atoms with van der Waals surface area (Å²) >= 11 is 0. The summed E-state index contributed by atoms with van der Waals surface area (Å²) in [6.07, 6.45) is 4.49. The van der Waals surface area contributed by atoms with E-state index in [1.807, 2.05) is 30.3 Å². The zero-order valence-electron chi connectivity index (χ0n) is 14.2. The molecule has 0 atom stereocenters. The third-order valence-electron chi connectivity index (χ3n) is 4.71. The first-order valence-electron chi connectivity index (χ1n) is 8.51. The summed E-state index contributed by atoms with van der Waals surface area (Å²) in [4.78, 5) is 29.0. The summed E-state index contributed by atoms with van der Waals surface area (Å²) in [5, 5.41) is 5.72. The molecular weight excluding hydrogens is 334 g/mol. The molecule has 1 aliphatic carbocycles. The topological polar surface area (TPSA) is 89.6 Å². The van der Waals surface area contributed by atoms with Gasteiger partial charge in [0, 0.05) is 25.5 Å². The second kappa shape index (κ2) is 6.67. The molecule has 1 saturated carbocycles. The van der Waals surface area contributed by atoms with Crippen molar-refractivity contribution in [3.05, 3.63) is 53.9 Å². The molecule has 1 aliphatic heterocycles. The van der Waals surface area contributed by atoms with Gasteiger partial charge in [0.2, 0.25) is 18.6 Å². The average Bonchev–Trinajstić information content (AvgIpc) is 3.36. The van der Waals surface area contributed by atoms with Gasteiger partial charge in [-0.25, -0.2) is 0 Å². The third kappa shape index (κ3) is 3.20. The fourth-order valence-corrected chi connectivity index (χ4v) is 2.94. The van der Waals surface area contributed by atoms with Gasteiger partial charge in [-0.05, 0) is 48.2 Å². The van der Waals surface area contributed by atoms with Gasteiger partial charge >= 0.3 is 0 Å². The Morgan fingerprint density at radius 3 is 2.27 bits per heavy atom. The predicted molar refractivity (Wildman–Crippen MR) is 92.2 cm³/mol. The number of aromatic nitrogens is 1. The van der Waals surface area contributed by atoms with Gasteiger partial charge in [0.05, 0.1) is 0 Å². The zero-order valence-corrected chi connectivity index (χ0v) is 14.2. The SMILES string of the molecule is O=C(NCc1ccncc1)C1(C(=O)NCc2ccc3c(c2)OCO3)CC1. The van der Waals surface area contributed by atoms with Crippen molar-refractivity contribution in [2.75, 3.05) is 6.79 Å². The summed E-state index contributed by atoms with van der Waals surface area (Å²) in [6.45, 7) is 0.944. The highest BCUT2D eigenvalue weighted by atomic mass is 16.7. The maximum atomic E-state index is 12.5. The molecule has 0 bridgehead atoms. The van der Waals surface area contributed by atoms with Crippen molar-refractivity contribution in [1.82, 2.24) is 15.6 Å². The molecule has 0 spiro atoms. The Morgan fingerprint density at radius 2 is 1.58 bits per heavy atom. The van der Waals surface area contributed by atoms with E-state index in [-0.39, 0.29) is 18.6 Å². The lowest BCUT2D eigenvalue weighted by atomic mass is 10.0. The number of nitrogens with one attached hydrogen (secondary N) is 2. The molecule has 0 saturated heterocycles. The molecule has 1 aromatic heterocycles. The van der Waals surface area contributed by atoms with Crippen LogP contribution in [0.25, 0.3) is 0 Å². The number of rotatable bonds is 6. The maximum absolute atomic E-state index is 12.5. The van der Waals surface area contributed by atoms with Gasteiger partial charge < -0.3 is 20.1 Å². The minimum Gasteiger partial charge on any atom is -0.454 e. The number of carbonyl (C=O) groups excluding carboxylic acids is 2. The number of amides is 2. The number of ether oxygens (including phenoxy) is 2. The van der Waals surface area contributed by atoms with Gasteiger partial charge in [-0.15, -0.1) is 0 Å². The van der Waals surface area contributed by atoms with Crippen LogP contribution in [0.2, 0.25) is 0 Å². The van der Waals surface area contributed by atoms with E-state index in [0.29, 0.717) is 37.4 Å². The van der Waals surface area contributed by atoms with Crippen molar-refractivity contribution < 1.29 is 19.1 Å². The fraction of sp³-hybridized carbons (Fsp3) is 0.316. The summed E-state index contributed by atoms with van der Waals surface area (Å²) in [5.74, 6) is 0.919. The van der Waals surface area contributed by atoms with E-state index in [2.05, 4.69) is 15.6 Å². The Hall–Kier alpha value is -3.09. The van der Waals surface area contributed by atoms with Gasteiger partial charge in [0.25, 0.3) is 0 Å². The van der Waals surface area contributed by atoms with Gasteiger partial charge in [-0.3, -0.25) is 14.6 Å². The van der Waals surface area contributed by atoms with Crippen molar-refractivity contribution in [3.63, 3.8) is 0 Å². The number of hydrogen-bond acceptors (Lipinski definition) is 5. The van der Waals surface area contributed by atoms with Crippen LogP contribution in [0, 0.1) is 5.41 Å². The highest BCUT2D eigenvalue weighted by molar-refractivity contribution is 6.07. The molecular formula is C19H19N3O4. The second-order valence-corrected chi connectivity index (χ2v) is 6.49. The van der Waals surface area contributed by atoms with Crippen LogP contribution in [-0.4, -0.2) is 23.6 Å². The Kier molecular flexibility index (Phi) is 4.20. The molecule has 2 aliphatic rings. The lowest BCUT2D eigenvalue weighted by molar-refractivity contribution is -0.137. The van der Waals surface area contributed by atoms with Crippen LogP contribution in [0.4, 0.5) is 0 Å². The number of benzene rings is 1. The van der Waals surface area contributed by atoms with Crippen molar-refractivity contribution in [3.8, 4) is 11.5 Å². The summed E-state index contributed by atoms with van der Waals surface area (Å²) < 4.78 is 10.6. The lowest BCUT2D eigenvalue weighted by Gasteiger charge is -2.15. The molecule has 2 heterocycles. The van der Waals surface area contributed by atoms with Crippen molar-refractivity contribution in [1.29, 1.82) is 0 Å². The number of carbonyl (C=O) groups is 2. The van der Waals surface area contributed by atoms with Crippen LogP contribution < -0.4 is 20.1 Å². The minimum atomic E-state index is -0.941. The number of hydrogen-bond donors (Lipinski definition) is 2. The number of pyridine rings is 1. The molecule has 0 radical (unpaired) electrons. The first-order chi connectivity index (χ1) is 12.7. The number of nitrogens with zero attached hydrogens (tertiary/aromatic N) is 1. The van der Waals surface area contributed by atoms with Crippen molar-refractivity contribution in [2.45, 2.75) is 25.9 Å². The van der Waals surface area contributed by atoms with Gasteiger partial charge in [0.1, 0.15) is 5.41 Å². The van der Waals surface area contributed by atoms with E-state index in [9.17, 15) is 9.59 Å². The standard InChI is InChI=1S/C19H19N3O4/c23-17(21-10-13-3-7-20-8-4-13)19(5-6-19)18(24)22-11-14-1-2-15-16(9-14)26-12-25-15/h1-4,7-9H,5-6,10-12H2,(H,21,23)(H,22,24). The van der Waals surface area contributed by atoms with Gasteiger partial charge in [-0.1, -0.05) is 6.07 Å². The highest BCUT2D eigenvalue weighted by Gasteiger charge is 2.56. The molecule has 1 fully saturated rings. The molecule has 0 unspecified atom stereocenters. The first kappa shape index (κ1) is 16.4. The second-order valence-electron chi connectivity index (χ2n) is 6.49. The van der Waals surface area contributed by atoms with Gasteiger partial charge in [-0.2, -0.15) is 0 Å². The third-order valence-corrected chi connectivity index (χ3v) is 4.71. The van der Waals surface area contributed by atoms with Crippen LogP contribution in [0.1, 0.15) is 24.0 Å². The molecule has 2 amide bonds. The van der Waals surface area contributed by atoms with Crippen LogP contribution in [0.5, 0.6) is 11.5 Å². The maximum Gasteiger partial charge on any atom is 0.235 e. The molecule has 4 rings (SSSR count). The van der Waals surface area contributed by atoms with Gasteiger partial charge in [0.15, 0.2) is 11.5 Å². The largest absolute Gasteiger partial charge is 0.454 e. The van der Waals surface area contributed by atoms with E-state index in [0.717, 1.165) is 11.1 Å². The molecule has 2 aromatic rings. The lowest BCUT2D eigenvalue weighted by Crippen LogP contribution is -2.42. The van der Waals surface area contributed by atoms with Crippen LogP contribution in [0.3, 0.4) is 0 Å². The van der Waals surface area contributed by atoms with E-state index < -0.39 is 5.41 Å². The Morgan fingerprint density at radius 1 is 0.923 bits per heavy atom. The summed E-state index contributed by atoms with van der Waals surface area (Å²) in [7, 11) is 0. The molecule has 7 nitrogen and oxygen atoms in total. The fourth-order valence-electron chi connectivity index (χ4n) is 2.94. The average molecular weight is 353 g/mol. The normalized spacial score (nSPS) is 16.0. The van der Waals surface area contributed by atoms with Crippen LogP contribution in [0.15, 0.2) is 42.7 Å². The van der Waals surface area contributed by atoms with E-state index in [4.69, 9.17) is 9.47 Å². The van der Waals surface area contributed by atoms with Crippen molar-refractivity contribution in [2.24, 2.45) is 5.41 Å². The van der Waals surface area contributed by atoms with E-state index in [1.54, 1.807) is 12.4 Å². The van der Waals surface area contributed by atoms with Crippen LogP contribution in [-0.2, 0) is 22.7 Å². The highest BCUT2D eigenvalue weighted by Crippen LogP contribution is 2.46. The monoisotopic (exact) mass is 353 g/mol. The Balaban J connectivity index is 1.33. The number of fused-ring (bicyclic) bond motifs is 1. The van der Waals surface area contributed by atoms with Crippen molar-refractivity contribution >= 4 is 11.8 Å². The summed E-state index contributed by atoms with van der Waals surface area (Å²) in [5.41, 5.74) is 0.907. The quantitative estimate of drug-likeness (QED) is 0.769. The molecule has 26 heavy (non-hydrogen) atoms. The zero-order chi connectivity index (χ0) is 18.0. The van der Waals surface area contributed by atoms with Crippen LogP contribution >= 0.6 is 0 Å². The molecule has 2 N–H and O–H groups in total. The van der Waals surface area contributed by atoms with E-state index >= 15 is 0 Å². The summed E-state index contributed by atoms with van der Waals surface area (Å²) in [6, 6.07) is 9.19. The molecule has 7 heteroatoms.